The molecule has 1 aromatic carbocycles. The van der Waals surface area contributed by atoms with Crippen molar-refractivity contribution in [2.24, 2.45) is 0 Å². The highest BCUT2D eigenvalue weighted by molar-refractivity contribution is 5.65. The Morgan fingerprint density at radius 2 is 1.81 bits per heavy atom. The summed E-state index contributed by atoms with van der Waals surface area (Å²) >= 11 is 0. The van der Waals surface area contributed by atoms with Gasteiger partial charge in [-0.25, -0.2) is 9.69 Å². The Morgan fingerprint density at radius 3 is 2.25 bits per heavy atom. The van der Waals surface area contributed by atoms with Crippen LogP contribution in [-0.4, -0.2) is 28.9 Å². The molecule has 0 saturated heterocycles. The van der Waals surface area contributed by atoms with Crippen molar-refractivity contribution in [2.75, 3.05) is 6.54 Å². The molecule has 88 valence electrons. The van der Waals surface area contributed by atoms with Crippen LogP contribution in [0.15, 0.2) is 30.3 Å². The summed E-state index contributed by atoms with van der Waals surface area (Å²) in [6.45, 7) is -0.594. The standard InChI is InChI=1S/C10H10F3NO2/c11-10(12,13)14(9(15)16)7-6-8-4-2-1-3-5-8/h1-5H,6-7H2,(H,15,16). The van der Waals surface area contributed by atoms with Crippen molar-refractivity contribution in [3.63, 3.8) is 0 Å². The topological polar surface area (TPSA) is 40.5 Å². The quantitative estimate of drug-likeness (QED) is 0.815. The second-order valence-electron chi connectivity index (χ2n) is 3.14. The molecule has 1 N–H and O–H groups in total. The third-order valence-corrected chi connectivity index (χ3v) is 2.00. The molecule has 0 radical (unpaired) electrons. The van der Waals surface area contributed by atoms with E-state index in [-0.39, 0.29) is 6.42 Å². The van der Waals surface area contributed by atoms with E-state index in [1.165, 1.54) is 0 Å². The molecule has 0 spiro atoms. The van der Waals surface area contributed by atoms with Crippen molar-refractivity contribution < 1.29 is 23.1 Å². The molecule has 6 heteroatoms. The van der Waals surface area contributed by atoms with E-state index in [0.29, 0.717) is 5.56 Å². The summed E-state index contributed by atoms with van der Waals surface area (Å²) in [5.41, 5.74) is 0.665. The molecule has 1 rings (SSSR count). The fourth-order valence-electron chi connectivity index (χ4n) is 1.22. The number of nitrogens with zero attached hydrogens (tertiary/aromatic N) is 1. The number of halogens is 3. The molecule has 0 aromatic heterocycles. The van der Waals surface area contributed by atoms with Gasteiger partial charge in [0.1, 0.15) is 0 Å². The van der Waals surface area contributed by atoms with Gasteiger partial charge < -0.3 is 5.11 Å². The second kappa shape index (κ2) is 4.87. The number of hydrogen-bond acceptors (Lipinski definition) is 1. The first-order chi connectivity index (χ1) is 7.41. The Labute approximate surface area is 90.1 Å². The Morgan fingerprint density at radius 1 is 1.25 bits per heavy atom. The fraction of sp³-hybridized carbons (Fsp3) is 0.300. The summed E-state index contributed by atoms with van der Waals surface area (Å²) in [6.07, 6.45) is -6.80. The van der Waals surface area contributed by atoms with Gasteiger partial charge in [-0.15, -0.1) is 13.2 Å². The summed E-state index contributed by atoms with van der Waals surface area (Å²) in [7, 11) is 0. The van der Waals surface area contributed by atoms with E-state index in [4.69, 9.17) is 5.11 Å². The van der Waals surface area contributed by atoms with Crippen LogP contribution >= 0.6 is 0 Å². The molecule has 0 unspecified atom stereocenters. The Kier molecular flexibility index (Phi) is 3.76. The summed E-state index contributed by atoms with van der Waals surface area (Å²) < 4.78 is 36.7. The molecule has 0 aliphatic heterocycles. The molecular formula is C10H10F3NO2. The summed E-state index contributed by atoms with van der Waals surface area (Å²) in [4.78, 5) is 9.85. The third kappa shape index (κ3) is 3.45. The van der Waals surface area contributed by atoms with Crippen LogP contribution in [0.25, 0.3) is 0 Å². The lowest BCUT2D eigenvalue weighted by Crippen LogP contribution is -2.43. The first-order valence-electron chi connectivity index (χ1n) is 4.52. The van der Waals surface area contributed by atoms with Crippen LogP contribution in [0.4, 0.5) is 18.0 Å². The van der Waals surface area contributed by atoms with E-state index >= 15 is 0 Å². The van der Waals surface area contributed by atoms with Gasteiger partial charge in [-0.05, 0) is 12.0 Å². The Balaban J connectivity index is 2.62. The van der Waals surface area contributed by atoms with E-state index in [2.05, 4.69) is 0 Å². The maximum atomic E-state index is 12.2. The second-order valence-corrected chi connectivity index (χ2v) is 3.14. The lowest BCUT2D eigenvalue weighted by Gasteiger charge is -2.21. The fourth-order valence-corrected chi connectivity index (χ4v) is 1.22. The number of amides is 1. The summed E-state index contributed by atoms with van der Waals surface area (Å²) in [5.74, 6) is 0. The normalized spacial score (nSPS) is 11.2. The van der Waals surface area contributed by atoms with Gasteiger partial charge in [0.05, 0.1) is 0 Å². The maximum absolute atomic E-state index is 12.2. The number of benzene rings is 1. The SMILES string of the molecule is O=C(O)N(CCc1ccccc1)C(F)(F)F. The van der Waals surface area contributed by atoms with E-state index in [1.54, 1.807) is 30.3 Å². The monoisotopic (exact) mass is 233 g/mol. The van der Waals surface area contributed by atoms with Crippen LogP contribution < -0.4 is 0 Å². The van der Waals surface area contributed by atoms with Gasteiger partial charge in [-0.3, -0.25) is 0 Å². The van der Waals surface area contributed by atoms with Crippen molar-refractivity contribution in [3.05, 3.63) is 35.9 Å². The van der Waals surface area contributed by atoms with Crippen molar-refractivity contribution >= 4 is 6.09 Å². The molecule has 3 nitrogen and oxygen atoms in total. The maximum Gasteiger partial charge on any atom is 0.489 e. The van der Waals surface area contributed by atoms with Gasteiger partial charge in [0.25, 0.3) is 0 Å². The highest BCUT2D eigenvalue weighted by Gasteiger charge is 2.40. The zero-order valence-electron chi connectivity index (χ0n) is 8.24. The number of rotatable bonds is 3. The molecular weight excluding hydrogens is 223 g/mol. The minimum atomic E-state index is -4.85. The first kappa shape index (κ1) is 12.4. The van der Waals surface area contributed by atoms with Gasteiger partial charge in [-0.2, -0.15) is 0 Å². The van der Waals surface area contributed by atoms with Gasteiger partial charge >= 0.3 is 12.4 Å². The third-order valence-electron chi connectivity index (χ3n) is 2.00. The van der Waals surface area contributed by atoms with E-state index in [1.807, 2.05) is 0 Å². The van der Waals surface area contributed by atoms with Crippen LogP contribution in [-0.2, 0) is 6.42 Å². The number of carboxylic acid groups (broad SMARTS) is 1. The van der Waals surface area contributed by atoms with E-state index in [9.17, 15) is 18.0 Å². The first-order valence-corrected chi connectivity index (χ1v) is 4.52. The number of alkyl halides is 3. The molecule has 0 saturated carbocycles. The molecule has 0 fully saturated rings. The van der Waals surface area contributed by atoms with Crippen LogP contribution in [0.3, 0.4) is 0 Å². The van der Waals surface area contributed by atoms with Crippen molar-refractivity contribution in [3.8, 4) is 0 Å². The minimum Gasteiger partial charge on any atom is -0.465 e. The largest absolute Gasteiger partial charge is 0.489 e. The van der Waals surface area contributed by atoms with Crippen molar-refractivity contribution in [1.82, 2.24) is 4.90 Å². The van der Waals surface area contributed by atoms with Crippen LogP contribution in [0.2, 0.25) is 0 Å². The Hall–Kier alpha value is -1.72. The smallest absolute Gasteiger partial charge is 0.465 e. The van der Waals surface area contributed by atoms with Gasteiger partial charge in [0.2, 0.25) is 0 Å². The average molecular weight is 233 g/mol. The lowest BCUT2D eigenvalue weighted by atomic mass is 10.1. The van der Waals surface area contributed by atoms with Gasteiger partial charge in [0.15, 0.2) is 0 Å². The molecule has 0 heterocycles. The summed E-state index contributed by atoms with van der Waals surface area (Å²) in [5, 5.41) is 8.39. The number of hydrogen-bond donors (Lipinski definition) is 1. The molecule has 0 bridgehead atoms. The zero-order chi connectivity index (χ0) is 12.2. The van der Waals surface area contributed by atoms with Crippen molar-refractivity contribution in [2.45, 2.75) is 12.7 Å². The van der Waals surface area contributed by atoms with E-state index < -0.39 is 23.8 Å². The number of carbonyl (C=O) groups is 1. The predicted octanol–water partition coefficient (Wildman–Crippen LogP) is 2.73. The van der Waals surface area contributed by atoms with Gasteiger partial charge in [-0.1, -0.05) is 30.3 Å². The molecule has 0 aliphatic carbocycles. The zero-order valence-corrected chi connectivity index (χ0v) is 8.24. The molecule has 16 heavy (non-hydrogen) atoms. The summed E-state index contributed by atoms with van der Waals surface area (Å²) in [6, 6.07) is 8.41. The van der Waals surface area contributed by atoms with Crippen molar-refractivity contribution in [1.29, 1.82) is 0 Å². The van der Waals surface area contributed by atoms with E-state index in [0.717, 1.165) is 0 Å². The minimum absolute atomic E-state index is 0.0344. The molecule has 1 aromatic rings. The van der Waals surface area contributed by atoms with Crippen LogP contribution in [0.5, 0.6) is 0 Å². The van der Waals surface area contributed by atoms with Crippen LogP contribution in [0.1, 0.15) is 5.56 Å². The Bertz CT molecular complexity index is 351. The molecule has 0 aliphatic rings. The highest BCUT2D eigenvalue weighted by atomic mass is 19.4. The van der Waals surface area contributed by atoms with Gasteiger partial charge in [0, 0.05) is 6.54 Å². The highest BCUT2D eigenvalue weighted by Crippen LogP contribution is 2.21. The lowest BCUT2D eigenvalue weighted by molar-refractivity contribution is -0.228. The average Bonchev–Trinajstić information content (AvgIpc) is 2.17. The molecule has 0 atom stereocenters. The van der Waals surface area contributed by atoms with Crippen LogP contribution in [0, 0.1) is 0 Å². The molecule has 1 amide bonds. The predicted molar refractivity (Wildman–Crippen MR) is 50.9 cm³/mol.